The number of ether oxygens (including phenoxy) is 5. The van der Waals surface area contributed by atoms with E-state index in [4.69, 9.17) is 23.7 Å². The van der Waals surface area contributed by atoms with Gasteiger partial charge in [0.25, 0.3) is 5.78 Å². The van der Waals surface area contributed by atoms with E-state index in [9.17, 15) is 28.8 Å². The number of benzene rings is 1. The van der Waals surface area contributed by atoms with Crippen LogP contribution < -0.4 is 5.32 Å². The molecule has 190 valence electrons. The smallest absolute Gasteiger partial charge is 0.377 e. The van der Waals surface area contributed by atoms with Gasteiger partial charge in [-0.15, -0.1) is 0 Å². The predicted octanol–water partition coefficient (Wildman–Crippen LogP) is -0.00250. The highest BCUT2D eigenvalue weighted by atomic mass is 16.6. The van der Waals surface area contributed by atoms with Crippen LogP contribution in [0.2, 0.25) is 0 Å². The fraction of sp³-hybridized carbons (Fsp3) is 0.478. The molecule has 1 heterocycles. The molecule has 1 aliphatic heterocycles. The summed E-state index contributed by atoms with van der Waals surface area (Å²) in [7, 11) is 0. The third-order valence-corrected chi connectivity index (χ3v) is 4.79. The molecule has 2 rings (SSSR count). The van der Waals surface area contributed by atoms with Gasteiger partial charge in [0, 0.05) is 27.7 Å². The van der Waals surface area contributed by atoms with E-state index >= 15 is 0 Å². The summed E-state index contributed by atoms with van der Waals surface area (Å²) in [5.41, 5.74) is 0.622. The van der Waals surface area contributed by atoms with Crippen molar-refractivity contribution >= 4 is 35.6 Å². The van der Waals surface area contributed by atoms with Crippen LogP contribution in [0, 0.1) is 0 Å². The maximum atomic E-state index is 13.0. The van der Waals surface area contributed by atoms with Crippen molar-refractivity contribution in [2.24, 2.45) is 0 Å². The van der Waals surface area contributed by atoms with E-state index in [2.05, 4.69) is 5.32 Å². The molecule has 0 unspecified atom stereocenters. The first-order chi connectivity index (χ1) is 16.5. The number of hydrogen-bond acceptors (Lipinski definition) is 11. The first kappa shape index (κ1) is 27.4. The van der Waals surface area contributed by atoms with Crippen molar-refractivity contribution in [2.75, 3.05) is 6.61 Å². The van der Waals surface area contributed by atoms with Gasteiger partial charge in [0.2, 0.25) is 5.91 Å². The topological polar surface area (TPSA) is 161 Å². The van der Waals surface area contributed by atoms with Gasteiger partial charge in [-0.1, -0.05) is 30.3 Å². The summed E-state index contributed by atoms with van der Waals surface area (Å²) in [5.74, 6) is -5.43. The molecule has 1 aromatic rings. The SMILES string of the molecule is CC(=O)N[C@@H]1[C@@H](OC(C)=O)[C@@H](OC(C)=O)[C@@H](COC(C)=O)O[C@H]1C(=O)C(=O)OCc1ccccc1. The maximum Gasteiger partial charge on any atom is 0.377 e. The molecule has 1 N–H and O–H groups in total. The second-order valence-electron chi connectivity index (χ2n) is 7.70. The highest BCUT2D eigenvalue weighted by Crippen LogP contribution is 2.28. The van der Waals surface area contributed by atoms with Crippen molar-refractivity contribution in [3.63, 3.8) is 0 Å². The molecule has 0 radical (unpaired) electrons. The minimum atomic E-state index is -1.71. The molecule has 1 amide bonds. The fourth-order valence-corrected chi connectivity index (χ4v) is 3.47. The lowest BCUT2D eigenvalue weighted by Gasteiger charge is -2.44. The molecule has 0 spiro atoms. The zero-order valence-corrected chi connectivity index (χ0v) is 19.7. The number of ketones is 1. The first-order valence-electron chi connectivity index (χ1n) is 10.6. The molecule has 1 aromatic carbocycles. The van der Waals surface area contributed by atoms with Gasteiger partial charge in [-0.05, 0) is 5.56 Å². The monoisotopic (exact) mass is 493 g/mol. The minimum Gasteiger partial charge on any atom is -0.463 e. The maximum absolute atomic E-state index is 13.0. The van der Waals surface area contributed by atoms with E-state index in [0.29, 0.717) is 5.56 Å². The standard InChI is InChI=1S/C23H27NO11/c1-12(25)24-18-21(19(29)23(30)32-10-16-8-6-5-7-9-16)35-17(11-31-13(2)26)20(33-14(3)27)22(18)34-15(4)28/h5-9,17-18,20-22H,10-11H2,1-4H3,(H,24,25)/t17-,18+,20+,21-,22-/m1/s1. The fourth-order valence-electron chi connectivity index (χ4n) is 3.47. The number of carbonyl (C=O) groups excluding carboxylic acids is 6. The highest BCUT2D eigenvalue weighted by Gasteiger charge is 2.54. The number of esters is 4. The van der Waals surface area contributed by atoms with Gasteiger partial charge in [0.1, 0.15) is 25.4 Å². The Balaban J connectivity index is 2.38. The average molecular weight is 493 g/mol. The number of Topliss-reactive ketones (excluding diaryl/α,β-unsaturated/α-hetero) is 1. The largest absolute Gasteiger partial charge is 0.463 e. The van der Waals surface area contributed by atoms with Crippen molar-refractivity contribution in [1.29, 1.82) is 0 Å². The Bertz CT molecular complexity index is 961. The Morgan fingerprint density at radius 2 is 1.43 bits per heavy atom. The van der Waals surface area contributed by atoms with Crippen LogP contribution in [-0.4, -0.2) is 72.6 Å². The second-order valence-corrected chi connectivity index (χ2v) is 7.70. The van der Waals surface area contributed by atoms with E-state index in [1.54, 1.807) is 30.3 Å². The van der Waals surface area contributed by atoms with Crippen LogP contribution in [0.15, 0.2) is 30.3 Å². The van der Waals surface area contributed by atoms with E-state index in [1.165, 1.54) is 0 Å². The van der Waals surface area contributed by atoms with Gasteiger partial charge in [0.15, 0.2) is 18.3 Å². The lowest BCUT2D eigenvalue weighted by atomic mass is 9.90. The van der Waals surface area contributed by atoms with E-state index in [-0.39, 0.29) is 6.61 Å². The van der Waals surface area contributed by atoms with Crippen molar-refractivity contribution in [2.45, 2.75) is 64.8 Å². The summed E-state index contributed by atoms with van der Waals surface area (Å²) in [4.78, 5) is 72.5. The molecule has 5 atom stereocenters. The Kier molecular flexibility index (Phi) is 9.88. The molecule has 0 aliphatic carbocycles. The second kappa shape index (κ2) is 12.6. The Morgan fingerprint density at radius 1 is 0.829 bits per heavy atom. The van der Waals surface area contributed by atoms with Gasteiger partial charge in [0.05, 0.1) is 0 Å². The Morgan fingerprint density at radius 3 is 1.97 bits per heavy atom. The van der Waals surface area contributed by atoms with Gasteiger partial charge in [-0.3, -0.25) is 24.0 Å². The van der Waals surface area contributed by atoms with Crippen LogP contribution in [0.4, 0.5) is 0 Å². The predicted molar refractivity (Wildman–Crippen MR) is 115 cm³/mol. The summed E-state index contributed by atoms with van der Waals surface area (Å²) in [5, 5.41) is 2.42. The molecule has 12 heteroatoms. The quantitative estimate of drug-likeness (QED) is 0.280. The first-order valence-corrected chi connectivity index (χ1v) is 10.6. The number of nitrogens with one attached hydrogen (secondary N) is 1. The van der Waals surface area contributed by atoms with Crippen LogP contribution in [0.5, 0.6) is 0 Å². The normalized spacial score (nSPS) is 23.4. The molecular weight excluding hydrogens is 466 g/mol. The zero-order valence-electron chi connectivity index (χ0n) is 19.7. The third-order valence-electron chi connectivity index (χ3n) is 4.79. The van der Waals surface area contributed by atoms with Gasteiger partial charge < -0.3 is 29.0 Å². The lowest BCUT2D eigenvalue weighted by molar-refractivity contribution is -0.223. The van der Waals surface area contributed by atoms with Crippen LogP contribution in [0.25, 0.3) is 0 Å². The summed E-state index contributed by atoms with van der Waals surface area (Å²) < 4.78 is 26.3. The van der Waals surface area contributed by atoms with Crippen molar-refractivity contribution < 1.29 is 52.5 Å². The number of amides is 1. The number of hydrogen-bond donors (Lipinski definition) is 1. The molecule has 0 bridgehead atoms. The van der Waals surface area contributed by atoms with Crippen molar-refractivity contribution in [3.8, 4) is 0 Å². The minimum absolute atomic E-state index is 0.205. The summed E-state index contributed by atoms with van der Waals surface area (Å²) >= 11 is 0. The molecule has 0 aromatic heterocycles. The van der Waals surface area contributed by atoms with Crippen LogP contribution >= 0.6 is 0 Å². The molecule has 1 aliphatic rings. The molecule has 12 nitrogen and oxygen atoms in total. The van der Waals surface area contributed by atoms with E-state index in [1.807, 2.05) is 0 Å². The third kappa shape index (κ3) is 8.18. The molecule has 0 saturated carbocycles. The van der Waals surface area contributed by atoms with Crippen molar-refractivity contribution in [1.82, 2.24) is 5.32 Å². The Hall–Kier alpha value is -3.80. The van der Waals surface area contributed by atoms with Crippen molar-refractivity contribution in [3.05, 3.63) is 35.9 Å². The van der Waals surface area contributed by atoms with Crippen LogP contribution in [-0.2, 0) is 59.1 Å². The zero-order chi connectivity index (χ0) is 26.1. The number of rotatable bonds is 9. The number of carbonyl (C=O) groups is 6. The average Bonchev–Trinajstić information content (AvgIpc) is 2.78. The summed E-state index contributed by atoms with van der Waals surface area (Å²) in [6.45, 7) is 3.70. The van der Waals surface area contributed by atoms with Crippen LogP contribution in [0.1, 0.15) is 33.3 Å². The summed E-state index contributed by atoms with van der Waals surface area (Å²) in [6, 6.07) is 7.16. The van der Waals surface area contributed by atoms with Gasteiger partial charge >= 0.3 is 23.9 Å². The Labute approximate surface area is 201 Å². The molecular formula is C23H27NO11. The van der Waals surface area contributed by atoms with Crippen LogP contribution in [0.3, 0.4) is 0 Å². The highest BCUT2D eigenvalue weighted by molar-refractivity contribution is 6.35. The molecule has 1 saturated heterocycles. The lowest BCUT2D eigenvalue weighted by Crippen LogP contribution is -2.68. The van der Waals surface area contributed by atoms with Gasteiger partial charge in [-0.2, -0.15) is 0 Å². The molecule has 1 fully saturated rings. The molecule has 35 heavy (non-hydrogen) atoms. The van der Waals surface area contributed by atoms with E-state index in [0.717, 1.165) is 27.7 Å². The van der Waals surface area contributed by atoms with Gasteiger partial charge in [-0.25, -0.2) is 4.79 Å². The summed E-state index contributed by atoms with van der Waals surface area (Å²) in [6.07, 6.45) is -5.85. The van der Waals surface area contributed by atoms with E-state index < -0.39 is 72.6 Å².